The van der Waals surface area contributed by atoms with Crippen molar-refractivity contribution in [1.82, 2.24) is 10.2 Å². The summed E-state index contributed by atoms with van der Waals surface area (Å²) in [4.78, 5) is 5.23. The third kappa shape index (κ3) is 2.81. The van der Waals surface area contributed by atoms with E-state index in [1.807, 2.05) is 7.05 Å². The molecule has 1 aromatic carbocycles. The van der Waals surface area contributed by atoms with Crippen LogP contribution in [-0.4, -0.2) is 44.2 Å². The molecule has 2 heterocycles. The van der Waals surface area contributed by atoms with Crippen LogP contribution in [0.25, 0.3) is 0 Å². The minimum absolute atomic E-state index is 0.778. The number of hydrogen-bond donors (Lipinski definition) is 1. The van der Waals surface area contributed by atoms with Gasteiger partial charge in [0.1, 0.15) is 0 Å². The fourth-order valence-electron chi connectivity index (χ4n) is 3.40. The Hall–Kier alpha value is -0.580. The van der Waals surface area contributed by atoms with Crippen LogP contribution in [-0.2, 0) is 6.54 Å². The topological polar surface area (TPSA) is 18.5 Å². The predicted molar refractivity (Wildman–Crippen MR) is 83.7 cm³/mol. The van der Waals surface area contributed by atoms with Gasteiger partial charge in [-0.1, -0.05) is 15.9 Å². The van der Waals surface area contributed by atoms with E-state index in [1.165, 1.54) is 48.2 Å². The van der Waals surface area contributed by atoms with Gasteiger partial charge < -0.3 is 10.2 Å². The lowest BCUT2D eigenvalue weighted by molar-refractivity contribution is 0.231. The number of piperazine rings is 1. The summed E-state index contributed by atoms with van der Waals surface area (Å²) in [5.41, 5.74) is 2.80. The van der Waals surface area contributed by atoms with Gasteiger partial charge in [0.15, 0.2) is 0 Å². The summed E-state index contributed by atoms with van der Waals surface area (Å²) in [7, 11) is 2.01. The first-order chi connectivity index (χ1) is 9.28. The van der Waals surface area contributed by atoms with Crippen LogP contribution in [0.5, 0.6) is 0 Å². The van der Waals surface area contributed by atoms with E-state index in [9.17, 15) is 0 Å². The molecule has 0 bridgehead atoms. The molecule has 3 nitrogen and oxygen atoms in total. The van der Waals surface area contributed by atoms with Crippen molar-refractivity contribution < 1.29 is 0 Å². The summed E-state index contributed by atoms with van der Waals surface area (Å²) in [6.07, 6.45) is 2.75. The number of anilines is 1. The first kappa shape index (κ1) is 13.4. The smallest absolute Gasteiger partial charge is 0.0413 e. The number of fused-ring (bicyclic) bond motifs is 1. The van der Waals surface area contributed by atoms with Crippen molar-refractivity contribution in [3.63, 3.8) is 0 Å². The summed E-state index contributed by atoms with van der Waals surface area (Å²) >= 11 is 3.58. The molecule has 1 aromatic rings. The summed E-state index contributed by atoms with van der Waals surface area (Å²) in [5, 5.41) is 3.28. The highest BCUT2D eigenvalue weighted by Gasteiger charge is 2.31. The van der Waals surface area contributed by atoms with Gasteiger partial charge in [0.2, 0.25) is 0 Å². The van der Waals surface area contributed by atoms with Crippen LogP contribution in [0.15, 0.2) is 22.7 Å². The van der Waals surface area contributed by atoms with Crippen LogP contribution in [0.4, 0.5) is 5.69 Å². The average molecular weight is 324 g/mol. The summed E-state index contributed by atoms with van der Waals surface area (Å²) in [5.74, 6) is 0. The van der Waals surface area contributed by atoms with E-state index < -0.39 is 0 Å². The fraction of sp³-hybridized carbons (Fsp3) is 0.600. The van der Waals surface area contributed by atoms with Gasteiger partial charge in [0, 0.05) is 42.4 Å². The molecule has 2 aliphatic rings. The van der Waals surface area contributed by atoms with Crippen LogP contribution in [0.2, 0.25) is 0 Å². The minimum Gasteiger partial charge on any atom is -0.368 e. The highest BCUT2D eigenvalue weighted by Crippen LogP contribution is 2.29. The number of hydrogen-bond acceptors (Lipinski definition) is 3. The maximum atomic E-state index is 3.58. The standard InChI is InChI=1S/C15H22BrN3/c1-17-10-12-9-13(16)4-5-15(12)19-8-7-18-6-2-3-14(18)11-19/h4-5,9,14,17H,2-3,6-8,10-11H2,1H3. The third-order valence-corrected chi connectivity index (χ3v) is 4.83. The van der Waals surface area contributed by atoms with Crippen LogP contribution in [0.1, 0.15) is 18.4 Å². The molecule has 0 saturated carbocycles. The lowest BCUT2D eigenvalue weighted by Crippen LogP contribution is -2.50. The van der Waals surface area contributed by atoms with Crippen LogP contribution >= 0.6 is 15.9 Å². The molecule has 2 saturated heterocycles. The molecular weight excluding hydrogens is 302 g/mol. The highest BCUT2D eigenvalue weighted by molar-refractivity contribution is 9.10. The predicted octanol–water partition coefficient (Wildman–Crippen LogP) is 2.45. The Bertz CT molecular complexity index is 449. The molecule has 1 atom stereocenters. The largest absolute Gasteiger partial charge is 0.368 e. The summed E-state index contributed by atoms with van der Waals surface area (Å²) in [6.45, 7) is 5.81. The van der Waals surface area contributed by atoms with E-state index in [4.69, 9.17) is 0 Å². The van der Waals surface area contributed by atoms with Gasteiger partial charge in [0.05, 0.1) is 0 Å². The van der Waals surface area contributed by atoms with E-state index in [0.717, 1.165) is 19.1 Å². The summed E-state index contributed by atoms with van der Waals surface area (Å²) in [6, 6.07) is 7.45. The maximum Gasteiger partial charge on any atom is 0.0413 e. The highest BCUT2D eigenvalue weighted by atomic mass is 79.9. The zero-order chi connectivity index (χ0) is 13.2. The zero-order valence-corrected chi connectivity index (χ0v) is 13.1. The molecule has 4 heteroatoms. The number of nitrogens with one attached hydrogen (secondary N) is 1. The van der Waals surface area contributed by atoms with Crippen molar-refractivity contribution in [2.75, 3.05) is 38.1 Å². The number of halogens is 1. The third-order valence-electron chi connectivity index (χ3n) is 4.34. The monoisotopic (exact) mass is 323 g/mol. The number of rotatable bonds is 3. The molecule has 0 aliphatic carbocycles. The summed E-state index contributed by atoms with van der Waals surface area (Å²) < 4.78 is 1.17. The van der Waals surface area contributed by atoms with Gasteiger partial charge in [-0.2, -0.15) is 0 Å². The van der Waals surface area contributed by atoms with Crippen molar-refractivity contribution in [1.29, 1.82) is 0 Å². The molecule has 3 rings (SSSR count). The van der Waals surface area contributed by atoms with Gasteiger partial charge in [-0.3, -0.25) is 4.90 Å². The fourth-order valence-corrected chi connectivity index (χ4v) is 3.81. The SMILES string of the molecule is CNCc1cc(Br)ccc1N1CCN2CCCC2C1. The molecule has 2 fully saturated rings. The second-order valence-corrected chi connectivity index (χ2v) is 6.50. The first-order valence-electron chi connectivity index (χ1n) is 7.20. The van der Waals surface area contributed by atoms with E-state index >= 15 is 0 Å². The van der Waals surface area contributed by atoms with Gasteiger partial charge in [-0.25, -0.2) is 0 Å². The molecule has 0 radical (unpaired) electrons. The first-order valence-corrected chi connectivity index (χ1v) is 7.99. The normalized spacial score (nSPS) is 23.7. The van der Waals surface area contributed by atoms with E-state index in [-0.39, 0.29) is 0 Å². The van der Waals surface area contributed by atoms with Gasteiger partial charge in [0.25, 0.3) is 0 Å². The number of benzene rings is 1. The van der Waals surface area contributed by atoms with E-state index in [0.29, 0.717) is 0 Å². The second kappa shape index (κ2) is 5.81. The lowest BCUT2D eigenvalue weighted by Gasteiger charge is -2.39. The van der Waals surface area contributed by atoms with Gasteiger partial charge in [-0.05, 0) is 50.2 Å². The average Bonchev–Trinajstić information content (AvgIpc) is 2.86. The molecule has 1 unspecified atom stereocenters. The molecule has 19 heavy (non-hydrogen) atoms. The molecule has 104 valence electrons. The van der Waals surface area contributed by atoms with Crippen LogP contribution < -0.4 is 10.2 Å². The Labute approximate surface area is 124 Å². The van der Waals surface area contributed by atoms with Crippen molar-refractivity contribution in [3.8, 4) is 0 Å². The quantitative estimate of drug-likeness (QED) is 0.921. The van der Waals surface area contributed by atoms with Crippen molar-refractivity contribution in [3.05, 3.63) is 28.2 Å². The maximum absolute atomic E-state index is 3.58. The van der Waals surface area contributed by atoms with E-state index in [2.05, 4.69) is 49.2 Å². The molecule has 0 aromatic heterocycles. The van der Waals surface area contributed by atoms with Crippen molar-refractivity contribution in [2.45, 2.75) is 25.4 Å². The molecule has 1 N–H and O–H groups in total. The zero-order valence-electron chi connectivity index (χ0n) is 11.5. The lowest BCUT2D eigenvalue weighted by atomic mass is 10.1. The van der Waals surface area contributed by atoms with Gasteiger partial charge >= 0.3 is 0 Å². The Kier molecular flexibility index (Phi) is 4.10. The Morgan fingerprint density at radius 3 is 3.05 bits per heavy atom. The Morgan fingerprint density at radius 2 is 2.21 bits per heavy atom. The Balaban J connectivity index is 1.81. The Morgan fingerprint density at radius 1 is 1.32 bits per heavy atom. The molecule has 2 aliphatic heterocycles. The number of nitrogens with zero attached hydrogens (tertiary/aromatic N) is 2. The second-order valence-electron chi connectivity index (χ2n) is 5.58. The van der Waals surface area contributed by atoms with Crippen LogP contribution in [0, 0.1) is 0 Å². The van der Waals surface area contributed by atoms with Crippen LogP contribution in [0.3, 0.4) is 0 Å². The molecular formula is C15H22BrN3. The van der Waals surface area contributed by atoms with E-state index in [1.54, 1.807) is 0 Å². The molecule has 0 spiro atoms. The van der Waals surface area contributed by atoms with Crippen molar-refractivity contribution >= 4 is 21.6 Å². The van der Waals surface area contributed by atoms with Gasteiger partial charge in [-0.15, -0.1) is 0 Å². The molecule has 0 amide bonds. The minimum atomic E-state index is 0.778. The van der Waals surface area contributed by atoms with Crippen molar-refractivity contribution in [2.24, 2.45) is 0 Å².